The van der Waals surface area contributed by atoms with Gasteiger partial charge in [0.1, 0.15) is 5.03 Å². The molecule has 140 valence electrons. The number of aromatic nitrogens is 4. The second kappa shape index (κ2) is 7.77. The van der Waals surface area contributed by atoms with Crippen molar-refractivity contribution in [3.63, 3.8) is 0 Å². The number of rotatable bonds is 5. The first-order valence-corrected chi connectivity index (χ1v) is 10.7. The van der Waals surface area contributed by atoms with Crippen molar-refractivity contribution in [3.05, 3.63) is 40.3 Å². The fourth-order valence-corrected chi connectivity index (χ4v) is 4.72. The van der Waals surface area contributed by atoms with E-state index in [1.54, 1.807) is 4.52 Å². The van der Waals surface area contributed by atoms with Crippen molar-refractivity contribution >= 4 is 40.4 Å². The predicted molar refractivity (Wildman–Crippen MR) is 104 cm³/mol. The van der Waals surface area contributed by atoms with E-state index in [0.29, 0.717) is 30.3 Å². The number of Topliss-reactive ketones (excluding diaryl/α,β-unsaturated/α-hetero) is 1. The summed E-state index contributed by atoms with van der Waals surface area (Å²) in [4.78, 5) is 27.8. The molecule has 0 N–H and O–H groups in total. The average Bonchev–Trinajstić information content (AvgIpc) is 3.36. The van der Waals surface area contributed by atoms with E-state index in [2.05, 4.69) is 15.3 Å². The van der Waals surface area contributed by atoms with Crippen molar-refractivity contribution in [2.24, 2.45) is 5.92 Å². The van der Waals surface area contributed by atoms with Crippen molar-refractivity contribution in [1.29, 1.82) is 0 Å². The fraction of sp³-hybridized carbons (Fsp3) is 0.389. The smallest absolute Gasteiger partial charge is 0.233 e. The van der Waals surface area contributed by atoms with Gasteiger partial charge in [-0.3, -0.25) is 9.59 Å². The molecule has 1 aliphatic rings. The number of amides is 1. The molecule has 1 saturated heterocycles. The van der Waals surface area contributed by atoms with Crippen molar-refractivity contribution in [2.75, 3.05) is 18.8 Å². The van der Waals surface area contributed by atoms with Gasteiger partial charge in [-0.15, -0.1) is 21.5 Å². The maximum absolute atomic E-state index is 12.6. The Morgan fingerprint density at radius 3 is 3.00 bits per heavy atom. The highest BCUT2D eigenvalue weighted by molar-refractivity contribution is 7.99. The van der Waals surface area contributed by atoms with Gasteiger partial charge in [0.05, 0.1) is 10.6 Å². The molecule has 4 heterocycles. The van der Waals surface area contributed by atoms with Gasteiger partial charge >= 0.3 is 0 Å². The zero-order chi connectivity index (χ0) is 18.8. The molecule has 3 aromatic heterocycles. The number of thioether (sulfide) groups is 1. The molecular formula is C18H19N5O2S2. The van der Waals surface area contributed by atoms with Gasteiger partial charge in [-0.1, -0.05) is 17.8 Å². The first-order valence-electron chi connectivity index (χ1n) is 8.79. The molecule has 9 heteroatoms. The number of carbonyl (C=O) groups excluding carboxylic acids is 2. The number of ketones is 1. The van der Waals surface area contributed by atoms with E-state index in [0.717, 1.165) is 22.7 Å². The van der Waals surface area contributed by atoms with Gasteiger partial charge in [0.15, 0.2) is 17.3 Å². The van der Waals surface area contributed by atoms with Crippen LogP contribution < -0.4 is 0 Å². The predicted octanol–water partition coefficient (Wildman–Crippen LogP) is 2.71. The Kier molecular flexibility index (Phi) is 5.22. The van der Waals surface area contributed by atoms with Crippen LogP contribution in [0.2, 0.25) is 0 Å². The number of aryl methyl sites for hydroxylation is 1. The minimum absolute atomic E-state index is 0.0473. The van der Waals surface area contributed by atoms with Crippen LogP contribution in [0.1, 0.15) is 28.3 Å². The highest BCUT2D eigenvalue weighted by Gasteiger charge is 2.29. The monoisotopic (exact) mass is 401 g/mol. The summed E-state index contributed by atoms with van der Waals surface area (Å²) >= 11 is 2.86. The summed E-state index contributed by atoms with van der Waals surface area (Å²) in [5, 5.41) is 15.1. The molecule has 1 atom stereocenters. The number of carbonyl (C=O) groups is 2. The largest absolute Gasteiger partial charge is 0.341 e. The van der Waals surface area contributed by atoms with Crippen LogP contribution in [-0.4, -0.2) is 55.2 Å². The van der Waals surface area contributed by atoms with E-state index >= 15 is 0 Å². The Morgan fingerprint density at radius 2 is 2.19 bits per heavy atom. The lowest BCUT2D eigenvalue weighted by atomic mass is 9.93. The number of likely N-dealkylation sites (tertiary alicyclic amines) is 1. The zero-order valence-corrected chi connectivity index (χ0v) is 16.5. The third-order valence-electron chi connectivity index (χ3n) is 4.65. The summed E-state index contributed by atoms with van der Waals surface area (Å²) in [5.74, 6) is 1.13. The molecule has 3 aromatic rings. The minimum Gasteiger partial charge on any atom is -0.341 e. The molecule has 27 heavy (non-hydrogen) atoms. The average molecular weight is 402 g/mol. The lowest BCUT2D eigenvalue weighted by molar-refractivity contribution is -0.129. The van der Waals surface area contributed by atoms with Crippen LogP contribution in [-0.2, 0) is 4.79 Å². The number of fused-ring (bicyclic) bond motifs is 1. The summed E-state index contributed by atoms with van der Waals surface area (Å²) < 4.78 is 1.67. The van der Waals surface area contributed by atoms with Crippen LogP contribution in [0.25, 0.3) is 5.65 Å². The van der Waals surface area contributed by atoms with E-state index in [4.69, 9.17) is 0 Å². The standard InChI is InChI=1S/C18H19N5O2S2/c1-12-19-20-15-6-7-16(21-23(12)15)27-11-17(24)22-8-2-4-13(10-22)18(25)14-5-3-9-26-14/h3,5-7,9,13H,2,4,8,10-11H2,1H3/t13-/m0/s1. The molecule has 1 aliphatic heterocycles. The van der Waals surface area contributed by atoms with Crippen LogP contribution in [0.4, 0.5) is 0 Å². The lowest BCUT2D eigenvalue weighted by Crippen LogP contribution is -2.43. The molecule has 0 saturated carbocycles. The first-order chi connectivity index (χ1) is 13.1. The zero-order valence-electron chi connectivity index (χ0n) is 14.9. The van der Waals surface area contributed by atoms with Crippen LogP contribution in [0.3, 0.4) is 0 Å². The van der Waals surface area contributed by atoms with Gasteiger partial charge in [-0.25, -0.2) is 0 Å². The minimum atomic E-state index is -0.0968. The van der Waals surface area contributed by atoms with Crippen LogP contribution in [0.5, 0.6) is 0 Å². The van der Waals surface area contributed by atoms with Crippen molar-refractivity contribution in [3.8, 4) is 0 Å². The van der Waals surface area contributed by atoms with E-state index < -0.39 is 0 Å². The van der Waals surface area contributed by atoms with Crippen LogP contribution in [0.15, 0.2) is 34.7 Å². The van der Waals surface area contributed by atoms with E-state index in [-0.39, 0.29) is 17.6 Å². The van der Waals surface area contributed by atoms with Gasteiger partial charge in [-0.05, 0) is 43.3 Å². The maximum atomic E-state index is 12.6. The van der Waals surface area contributed by atoms with Crippen LogP contribution >= 0.6 is 23.1 Å². The van der Waals surface area contributed by atoms with Gasteiger partial charge in [-0.2, -0.15) is 9.61 Å². The highest BCUT2D eigenvalue weighted by Crippen LogP contribution is 2.24. The Bertz CT molecular complexity index is 969. The van der Waals surface area contributed by atoms with Crippen LogP contribution in [0, 0.1) is 12.8 Å². The summed E-state index contributed by atoms with van der Waals surface area (Å²) in [6.07, 6.45) is 1.71. The first kappa shape index (κ1) is 18.1. The molecular weight excluding hydrogens is 382 g/mol. The summed E-state index contributed by atoms with van der Waals surface area (Å²) in [5.41, 5.74) is 0.689. The summed E-state index contributed by atoms with van der Waals surface area (Å²) in [7, 11) is 0. The number of hydrogen-bond donors (Lipinski definition) is 0. The topological polar surface area (TPSA) is 80.5 Å². The molecule has 0 aromatic carbocycles. The Hall–Kier alpha value is -2.26. The molecule has 1 fully saturated rings. The molecule has 0 unspecified atom stereocenters. The van der Waals surface area contributed by atoms with Crippen molar-refractivity contribution in [2.45, 2.75) is 24.8 Å². The van der Waals surface area contributed by atoms with E-state index in [1.807, 2.05) is 41.5 Å². The highest BCUT2D eigenvalue weighted by atomic mass is 32.2. The Morgan fingerprint density at radius 1 is 1.30 bits per heavy atom. The molecule has 7 nitrogen and oxygen atoms in total. The molecule has 0 radical (unpaired) electrons. The number of nitrogens with zero attached hydrogens (tertiary/aromatic N) is 5. The number of thiophene rings is 1. The SMILES string of the molecule is Cc1nnc2ccc(SCC(=O)N3CCC[C@H](C(=O)c4cccs4)C3)nn12. The van der Waals surface area contributed by atoms with E-state index in [1.165, 1.54) is 23.1 Å². The summed E-state index contributed by atoms with van der Waals surface area (Å²) in [6.45, 7) is 3.06. The normalized spacial score (nSPS) is 17.4. The van der Waals surface area contributed by atoms with Gasteiger partial charge < -0.3 is 4.90 Å². The third-order valence-corrected chi connectivity index (χ3v) is 6.44. The Labute approximate surface area is 164 Å². The van der Waals surface area contributed by atoms with Crippen molar-refractivity contribution in [1.82, 2.24) is 24.7 Å². The number of hydrogen-bond acceptors (Lipinski definition) is 7. The molecule has 4 rings (SSSR count). The lowest BCUT2D eigenvalue weighted by Gasteiger charge is -2.31. The van der Waals surface area contributed by atoms with Gasteiger partial charge in [0.25, 0.3) is 0 Å². The molecule has 1 amide bonds. The molecule has 0 spiro atoms. The molecule has 0 bridgehead atoms. The molecule has 0 aliphatic carbocycles. The third kappa shape index (κ3) is 3.89. The fourth-order valence-electron chi connectivity index (χ4n) is 3.22. The maximum Gasteiger partial charge on any atom is 0.233 e. The van der Waals surface area contributed by atoms with Gasteiger partial charge in [0.2, 0.25) is 5.91 Å². The van der Waals surface area contributed by atoms with Crippen molar-refractivity contribution < 1.29 is 9.59 Å². The Balaban J connectivity index is 1.37. The second-order valence-corrected chi connectivity index (χ2v) is 8.44. The number of piperidine rings is 1. The summed E-state index contributed by atoms with van der Waals surface area (Å²) in [6, 6.07) is 7.44. The second-order valence-electron chi connectivity index (χ2n) is 6.50. The van der Waals surface area contributed by atoms with Gasteiger partial charge in [0, 0.05) is 19.0 Å². The van der Waals surface area contributed by atoms with E-state index in [9.17, 15) is 9.59 Å². The quantitative estimate of drug-likeness (QED) is 0.483.